The molecule has 226 valence electrons. The van der Waals surface area contributed by atoms with E-state index in [1.165, 1.54) is 56.7 Å². The third-order valence-electron chi connectivity index (χ3n) is 8.95. The first-order valence-electron chi connectivity index (χ1n) is 14.7. The molecule has 5 rings (SSSR count). The molecule has 2 N–H and O–H groups in total. The number of carboxylic acid groups (broad SMARTS) is 1. The van der Waals surface area contributed by atoms with Gasteiger partial charge in [0, 0.05) is 29.3 Å². The van der Waals surface area contributed by atoms with E-state index in [-0.39, 0.29) is 11.2 Å². The lowest BCUT2D eigenvalue weighted by atomic mass is 9.66. The van der Waals surface area contributed by atoms with Crippen molar-refractivity contribution in [3.8, 4) is 22.6 Å². The highest BCUT2D eigenvalue weighted by Gasteiger charge is 2.41. The topological polar surface area (TPSA) is 80.2 Å². The Kier molecular flexibility index (Phi) is 9.16. The summed E-state index contributed by atoms with van der Waals surface area (Å²) in [6.45, 7) is 6.23. The van der Waals surface area contributed by atoms with Crippen molar-refractivity contribution in [1.29, 1.82) is 0 Å². The molecule has 0 amide bonds. The number of carboxylic acids is 1. The molecule has 2 atom stereocenters. The van der Waals surface area contributed by atoms with E-state index < -0.39 is 17.3 Å². The number of hydrogen-bond donors (Lipinski definition) is 2. The predicted molar refractivity (Wildman–Crippen MR) is 173 cm³/mol. The fraction of sp³-hybridized carbons (Fsp3) is 0.371. The second-order valence-corrected chi connectivity index (χ2v) is 12.7. The van der Waals surface area contributed by atoms with Crippen LogP contribution in [-0.2, 0) is 5.41 Å². The Hall–Kier alpha value is -3.78. The van der Waals surface area contributed by atoms with Crippen molar-refractivity contribution in [3.05, 3.63) is 88.2 Å². The van der Waals surface area contributed by atoms with Crippen LogP contribution in [0.1, 0.15) is 74.4 Å². The summed E-state index contributed by atoms with van der Waals surface area (Å²) in [6.07, 6.45) is 8.63. The summed E-state index contributed by atoms with van der Waals surface area (Å²) in [6, 6.07) is 17.4. The van der Waals surface area contributed by atoms with Gasteiger partial charge in [-0.1, -0.05) is 56.2 Å². The van der Waals surface area contributed by atoms with Gasteiger partial charge >= 0.3 is 5.97 Å². The van der Waals surface area contributed by atoms with Crippen molar-refractivity contribution in [2.45, 2.75) is 58.3 Å². The second-order valence-electron chi connectivity index (χ2n) is 11.9. The van der Waals surface area contributed by atoms with Crippen molar-refractivity contribution in [3.63, 3.8) is 0 Å². The van der Waals surface area contributed by atoms with Gasteiger partial charge in [0.15, 0.2) is 0 Å². The van der Waals surface area contributed by atoms with Gasteiger partial charge in [-0.25, -0.2) is 14.2 Å². The first-order valence-corrected chi connectivity index (χ1v) is 15.5. The maximum Gasteiger partial charge on any atom is 0.338 e. The zero-order chi connectivity index (χ0) is 30.7. The number of anilines is 1. The molecule has 0 heterocycles. The molecule has 2 unspecified atom stereocenters. The molecule has 2 aliphatic carbocycles. The van der Waals surface area contributed by atoms with Crippen molar-refractivity contribution < 1.29 is 23.8 Å². The van der Waals surface area contributed by atoms with E-state index in [9.17, 15) is 14.3 Å². The van der Waals surface area contributed by atoms with Crippen molar-refractivity contribution in [2.24, 2.45) is 16.8 Å². The van der Waals surface area contributed by atoms with Crippen LogP contribution in [0.3, 0.4) is 0 Å². The quantitative estimate of drug-likeness (QED) is 0.178. The number of ether oxygens (including phenoxy) is 2. The summed E-state index contributed by atoms with van der Waals surface area (Å²) >= 11 is 1.18. The van der Waals surface area contributed by atoms with E-state index in [1.807, 2.05) is 32.1 Å². The molecular formula is C35H39FN2O4S. The normalized spacial score (nSPS) is 21.9. The molecule has 3 aromatic carbocycles. The lowest BCUT2D eigenvalue weighted by molar-refractivity contribution is 0.0691. The van der Waals surface area contributed by atoms with Crippen LogP contribution in [-0.4, -0.2) is 31.0 Å². The summed E-state index contributed by atoms with van der Waals surface area (Å²) in [5.74, 6) is 0.547. The van der Waals surface area contributed by atoms with Crippen LogP contribution in [0.25, 0.3) is 11.1 Å². The number of methoxy groups -OCH3 is 2. The van der Waals surface area contributed by atoms with Crippen molar-refractivity contribution in [2.75, 3.05) is 18.9 Å². The van der Waals surface area contributed by atoms with Gasteiger partial charge in [-0.3, -0.25) is 0 Å². The third kappa shape index (κ3) is 6.59. The van der Waals surface area contributed by atoms with Crippen LogP contribution < -0.4 is 14.2 Å². The first-order chi connectivity index (χ1) is 20.6. The maximum absolute atomic E-state index is 14.3. The highest BCUT2D eigenvalue weighted by Crippen LogP contribution is 2.51. The standard InChI is InChI=1S/C35H39FN2O4S/c1-6-33(43-38-30-18-29(36)28(34(39)40)17-32(30)42-5)37-21(2)25-11-14-27(31(16-25)41-4)24-9-12-26(13-10-24)35(3)19-22-7-8-23(15-22)20-35/h6,9-14,16-18,22-23,38H,7-8,15,19-20H2,1-5H3,(H,39,40)/b33-6+,37-21+. The molecule has 2 bridgehead atoms. The monoisotopic (exact) mass is 602 g/mol. The molecule has 2 saturated carbocycles. The average Bonchev–Trinajstić information content (AvgIpc) is 3.36. The Bertz CT molecular complexity index is 1550. The van der Waals surface area contributed by atoms with Gasteiger partial charge in [0.05, 0.1) is 25.5 Å². The zero-order valence-corrected chi connectivity index (χ0v) is 26.2. The Balaban J connectivity index is 1.31. The van der Waals surface area contributed by atoms with Crippen LogP contribution in [0.2, 0.25) is 0 Å². The van der Waals surface area contributed by atoms with Gasteiger partial charge in [0.1, 0.15) is 22.3 Å². The molecule has 0 aliphatic heterocycles. The average molecular weight is 603 g/mol. The molecule has 0 spiro atoms. The number of hydrogen-bond acceptors (Lipinski definition) is 6. The fourth-order valence-corrected chi connectivity index (χ4v) is 7.47. The van der Waals surface area contributed by atoms with Gasteiger partial charge in [-0.05, 0) is 85.3 Å². The van der Waals surface area contributed by atoms with E-state index in [2.05, 4.69) is 42.0 Å². The summed E-state index contributed by atoms with van der Waals surface area (Å²) in [7, 11) is 3.08. The predicted octanol–water partition coefficient (Wildman–Crippen LogP) is 9.11. The Morgan fingerprint density at radius 3 is 2.33 bits per heavy atom. The number of allylic oxidation sites excluding steroid dienone is 1. The van der Waals surface area contributed by atoms with Crippen molar-refractivity contribution >= 4 is 29.3 Å². The van der Waals surface area contributed by atoms with E-state index in [0.717, 1.165) is 52.1 Å². The second kappa shape index (κ2) is 12.8. The number of aromatic carboxylic acids is 1. The van der Waals surface area contributed by atoms with E-state index in [4.69, 9.17) is 14.5 Å². The lowest BCUT2D eigenvalue weighted by Crippen LogP contribution is -2.30. The third-order valence-corrected chi connectivity index (χ3v) is 9.81. The van der Waals surface area contributed by atoms with Crippen molar-refractivity contribution in [1.82, 2.24) is 0 Å². The van der Waals surface area contributed by atoms with Crippen LogP contribution in [0.4, 0.5) is 10.1 Å². The molecule has 8 heteroatoms. The zero-order valence-electron chi connectivity index (χ0n) is 25.4. The van der Waals surface area contributed by atoms with Gasteiger partial charge in [-0.2, -0.15) is 0 Å². The molecule has 2 fully saturated rings. The largest absolute Gasteiger partial charge is 0.496 e. The Morgan fingerprint density at radius 1 is 1.05 bits per heavy atom. The number of fused-ring (bicyclic) bond motifs is 2. The lowest BCUT2D eigenvalue weighted by Gasteiger charge is -2.38. The molecule has 0 saturated heterocycles. The van der Waals surface area contributed by atoms with Crippen LogP contribution in [0, 0.1) is 17.7 Å². The summed E-state index contributed by atoms with van der Waals surface area (Å²) in [4.78, 5) is 16.0. The summed E-state index contributed by atoms with van der Waals surface area (Å²) in [5, 5.41) is 9.83. The minimum Gasteiger partial charge on any atom is -0.496 e. The Labute approximate surface area is 257 Å². The highest BCUT2D eigenvalue weighted by atomic mass is 32.2. The molecule has 6 nitrogen and oxygen atoms in total. The fourth-order valence-electron chi connectivity index (χ4n) is 6.80. The number of nitrogens with zero attached hydrogens (tertiary/aromatic N) is 1. The first kappa shape index (κ1) is 30.7. The summed E-state index contributed by atoms with van der Waals surface area (Å²) in [5.41, 5.74) is 5.40. The smallest absolute Gasteiger partial charge is 0.338 e. The highest BCUT2D eigenvalue weighted by molar-refractivity contribution is 8.04. The van der Waals surface area contributed by atoms with Gasteiger partial charge in [0.2, 0.25) is 0 Å². The molecular weight excluding hydrogens is 563 g/mol. The molecule has 0 radical (unpaired) electrons. The minimum absolute atomic E-state index is 0.218. The number of nitrogens with one attached hydrogen (secondary N) is 1. The molecule has 2 aliphatic rings. The molecule has 0 aromatic heterocycles. The number of carbonyl (C=O) groups is 1. The number of aliphatic imine (C=N–C) groups is 1. The minimum atomic E-state index is -1.36. The van der Waals surface area contributed by atoms with Gasteiger partial charge < -0.3 is 19.3 Å². The maximum atomic E-state index is 14.3. The summed E-state index contributed by atoms with van der Waals surface area (Å²) < 4.78 is 28.4. The van der Waals surface area contributed by atoms with E-state index in [1.54, 1.807) is 7.11 Å². The van der Waals surface area contributed by atoms with E-state index >= 15 is 0 Å². The SMILES string of the molecule is C/C=C(\N=C(/C)c1ccc(-c2ccc(C3(C)CC4CCC(C4)C3)cc2)c(OC)c1)SNc1cc(F)c(C(=O)O)cc1OC. The number of rotatable bonds is 10. The van der Waals surface area contributed by atoms with E-state index in [0.29, 0.717) is 10.7 Å². The molecule has 3 aromatic rings. The van der Waals surface area contributed by atoms with Crippen LogP contribution in [0.5, 0.6) is 11.5 Å². The van der Waals surface area contributed by atoms with Crippen LogP contribution in [0.15, 0.2) is 70.7 Å². The molecule has 43 heavy (non-hydrogen) atoms. The number of benzene rings is 3. The van der Waals surface area contributed by atoms with Gasteiger partial charge in [-0.15, -0.1) is 0 Å². The van der Waals surface area contributed by atoms with Crippen LogP contribution >= 0.6 is 11.9 Å². The Morgan fingerprint density at radius 2 is 1.72 bits per heavy atom. The number of halogens is 1. The van der Waals surface area contributed by atoms with Gasteiger partial charge in [0.25, 0.3) is 0 Å².